The molecule has 0 aromatic carbocycles. The second-order valence-electron chi connectivity index (χ2n) is 3.51. The van der Waals surface area contributed by atoms with Gasteiger partial charge in [0.15, 0.2) is 0 Å². The molecule has 8 N–H and O–H groups in total. The summed E-state index contributed by atoms with van der Waals surface area (Å²) in [6, 6.07) is -1.18. The van der Waals surface area contributed by atoms with Gasteiger partial charge in [-0.1, -0.05) is 0 Å². The average molecular weight is 261 g/mol. The SMILES string of the molecule is NC1C(O)[C@H](O)C(CO[PH](O)(O)O)O[C@@H]1O. The summed E-state index contributed by atoms with van der Waals surface area (Å²) in [7, 11) is -4.72. The molecule has 3 unspecified atom stereocenters. The molecule has 16 heavy (non-hydrogen) atoms. The van der Waals surface area contributed by atoms with E-state index < -0.39 is 45.4 Å². The number of aliphatic hydroxyl groups is 3. The fourth-order valence-corrected chi connectivity index (χ4v) is 1.69. The van der Waals surface area contributed by atoms with Crippen LogP contribution in [-0.2, 0) is 9.26 Å². The second kappa shape index (κ2) is 5.15. The predicted molar refractivity (Wildman–Crippen MR) is 51.8 cm³/mol. The maximum atomic E-state index is 9.45. The topological polar surface area (TPSA) is 166 Å². The van der Waals surface area contributed by atoms with E-state index in [-0.39, 0.29) is 0 Å². The van der Waals surface area contributed by atoms with E-state index in [2.05, 4.69) is 4.52 Å². The van der Waals surface area contributed by atoms with Gasteiger partial charge >= 0.3 is 90.4 Å². The normalized spacial score (nSPS) is 42.1. The van der Waals surface area contributed by atoms with Crippen LogP contribution in [-0.4, -0.2) is 67.3 Å². The fraction of sp³-hybridized carbons (Fsp3) is 1.00. The van der Waals surface area contributed by atoms with Crippen LogP contribution in [0.3, 0.4) is 0 Å². The van der Waals surface area contributed by atoms with Gasteiger partial charge in [0.25, 0.3) is 0 Å². The molecule has 10 heteroatoms. The number of nitrogens with two attached hydrogens (primary N) is 1. The summed E-state index contributed by atoms with van der Waals surface area (Å²) >= 11 is 0. The third kappa shape index (κ3) is 3.54. The number of hydrogen-bond acceptors (Lipinski definition) is 9. The molecule has 1 aliphatic heterocycles. The molecular weight excluding hydrogens is 245 g/mol. The number of hydrogen-bond donors (Lipinski definition) is 7. The molecule has 0 radical (unpaired) electrons. The average Bonchev–Trinajstić information content (AvgIpc) is 2.17. The van der Waals surface area contributed by atoms with Crippen molar-refractivity contribution in [1.82, 2.24) is 0 Å². The van der Waals surface area contributed by atoms with Crippen molar-refractivity contribution >= 4 is 8.17 Å². The Bertz CT molecular complexity index is 235. The molecule has 0 amide bonds. The van der Waals surface area contributed by atoms with Crippen LogP contribution in [0.25, 0.3) is 0 Å². The molecule has 5 atom stereocenters. The minimum atomic E-state index is -4.72. The first kappa shape index (κ1) is 14.1. The molecule has 98 valence electrons. The van der Waals surface area contributed by atoms with E-state index in [0.717, 1.165) is 0 Å². The Balaban J connectivity index is 2.54. The van der Waals surface area contributed by atoms with Gasteiger partial charge in [0.05, 0.1) is 0 Å². The van der Waals surface area contributed by atoms with Crippen LogP contribution < -0.4 is 5.73 Å². The minimum absolute atomic E-state index is 0.599. The molecule has 1 heterocycles. The summed E-state index contributed by atoms with van der Waals surface area (Å²) < 4.78 is 8.99. The summed E-state index contributed by atoms with van der Waals surface area (Å²) in [6.07, 6.45) is -5.64. The molecule has 0 saturated carbocycles. The summed E-state index contributed by atoms with van der Waals surface area (Å²) in [5, 5.41) is 28.0. The molecule has 9 nitrogen and oxygen atoms in total. The first-order chi connectivity index (χ1) is 7.22. The fourth-order valence-electron chi connectivity index (χ4n) is 1.30. The maximum absolute atomic E-state index is 9.45. The van der Waals surface area contributed by atoms with Crippen LogP contribution in [0.2, 0.25) is 0 Å². The Kier molecular flexibility index (Phi) is 4.55. The summed E-state index contributed by atoms with van der Waals surface area (Å²) in [6.45, 7) is -0.599. The molecule has 1 saturated heterocycles. The van der Waals surface area contributed by atoms with Crippen LogP contribution in [0.15, 0.2) is 0 Å². The monoisotopic (exact) mass is 261 g/mol. The van der Waals surface area contributed by atoms with Crippen molar-refractivity contribution in [2.45, 2.75) is 30.6 Å². The van der Waals surface area contributed by atoms with E-state index in [9.17, 15) is 15.3 Å². The van der Waals surface area contributed by atoms with Crippen LogP contribution in [0.5, 0.6) is 0 Å². The van der Waals surface area contributed by atoms with Gasteiger partial charge in [-0.25, -0.2) is 0 Å². The van der Waals surface area contributed by atoms with Gasteiger partial charge in [-0.15, -0.1) is 0 Å². The Morgan fingerprint density at radius 3 is 2.19 bits per heavy atom. The summed E-state index contributed by atoms with van der Waals surface area (Å²) in [5.74, 6) is 0. The van der Waals surface area contributed by atoms with Gasteiger partial charge in [0.1, 0.15) is 0 Å². The Morgan fingerprint density at radius 1 is 1.12 bits per heavy atom. The van der Waals surface area contributed by atoms with Crippen molar-refractivity contribution in [3.05, 3.63) is 0 Å². The van der Waals surface area contributed by atoms with Crippen LogP contribution >= 0.6 is 8.17 Å². The van der Waals surface area contributed by atoms with Crippen molar-refractivity contribution in [2.75, 3.05) is 6.61 Å². The number of aliphatic hydroxyl groups excluding tert-OH is 3. The van der Waals surface area contributed by atoms with E-state index in [4.69, 9.17) is 25.2 Å². The quantitative estimate of drug-likeness (QED) is 0.252. The summed E-state index contributed by atoms with van der Waals surface area (Å²) in [5.41, 5.74) is 5.29. The molecule has 0 bridgehead atoms. The molecule has 0 aromatic rings. The molecule has 0 aliphatic carbocycles. The van der Waals surface area contributed by atoms with Crippen molar-refractivity contribution in [3.8, 4) is 0 Å². The second-order valence-corrected chi connectivity index (χ2v) is 4.94. The standard InChI is InChI=1S/C6H16NO8P/c7-3-5(9)4(8)2(15-6(3)10)1-14-16(11,12)13/h2-6,8-13,16H,1,7H2/t2?,3?,4-,5?,6+/m1/s1. The van der Waals surface area contributed by atoms with Crippen molar-refractivity contribution < 1.29 is 39.3 Å². The molecule has 0 spiro atoms. The first-order valence-electron chi connectivity index (χ1n) is 4.48. The Hall–Kier alpha value is 0.0700. The predicted octanol–water partition coefficient (Wildman–Crippen LogP) is -3.84. The zero-order valence-electron chi connectivity index (χ0n) is 8.17. The van der Waals surface area contributed by atoms with E-state index in [1.54, 1.807) is 0 Å². The van der Waals surface area contributed by atoms with Gasteiger partial charge in [0.2, 0.25) is 0 Å². The van der Waals surface area contributed by atoms with Crippen molar-refractivity contribution in [3.63, 3.8) is 0 Å². The zero-order valence-corrected chi connectivity index (χ0v) is 9.17. The van der Waals surface area contributed by atoms with Gasteiger partial charge in [0, 0.05) is 0 Å². The van der Waals surface area contributed by atoms with Crippen LogP contribution in [0.1, 0.15) is 0 Å². The van der Waals surface area contributed by atoms with Crippen molar-refractivity contribution in [1.29, 1.82) is 0 Å². The van der Waals surface area contributed by atoms with Crippen LogP contribution in [0.4, 0.5) is 0 Å². The Labute approximate surface area is 91.3 Å². The zero-order chi connectivity index (χ0) is 12.5. The first-order valence-corrected chi connectivity index (χ1v) is 6.23. The van der Waals surface area contributed by atoms with E-state index in [0.29, 0.717) is 0 Å². The molecule has 1 fully saturated rings. The molecule has 1 aliphatic rings. The molecule has 0 aromatic heterocycles. The van der Waals surface area contributed by atoms with Gasteiger partial charge in [-0.2, -0.15) is 0 Å². The van der Waals surface area contributed by atoms with Crippen LogP contribution in [0, 0.1) is 0 Å². The number of ether oxygens (including phenoxy) is 1. The third-order valence-corrected chi connectivity index (χ3v) is 2.76. The third-order valence-electron chi connectivity index (χ3n) is 2.21. The van der Waals surface area contributed by atoms with Crippen molar-refractivity contribution in [2.24, 2.45) is 5.73 Å². The van der Waals surface area contributed by atoms with Gasteiger partial charge in [-0.05, 0) is 0 Å². The van der Waals surface area contributed by atoms with Gasteiger partial charge in [-0.3, -0.25) is 0 Å². The van der Waals surface area contributed by atoms with E-state index in [1.807, 2.05) is 0 Å². The molecular formula is C6H16NO8P. The summed E-state index contributed by atoms with van der Waals surface area (Å²) in [4.78, 5) is 25.7. The Morgan fingerprint density at radius 2 is 1.69 bits per heavy atom. The van der Waals surface area contributed by atoms with E-state index >= 15 is 0 Å². The van der Waals surface area contributed by atoms with Gasteiger partial charge < -0.3 is 0 Å². The molecule has 1 rings (SSSR count). The van der Waals surface area contributed by atoms with E-state index in [1.165, 1.54) is 0 Å². The number of rotatable bonds is 3.